The quantitative estimate of drug-likeness (QED) is 0.548. The van der Waals surface area contributed by atoms with Crippen molar-refractivity contribution >= 4 is 23.0 Å². The molecule has 2 aliphatic carbocycles. The Balaban J connectivity index is 1.38. The second kappa shape index (κ2) is 8.26. The van der Waals surface area contributed by atoms with E-state index in [1.54, 1.807) is 6.20 Å². The van der Waals surface area contributed by atoms with E-state index in [1.807, 2.05) is 25.1 Å². The van der Waals surface area contributed by atoms with Crippen LogP contribution in [0.5, 0.6) is 11.6 Å². The van der Waals surface area contributed by atoms with E-state index in [0.29, 0.717) is 34.3 Å². The first kappa shape index (κ1) is 20.5. The molecule has 2 atom stereocenters. The molecule has 2 amide bonds. The molecule has 1 fully saturated rings. The summed E-state index contributed by atoms with van der Waals surface area (Å²) in [5, 5.41) is 6.08. The summed E-state index contributed by atoms with van der Waals surface area (Å²) in [6.45, 7) is 3.57. The molecular formula is C24H27N5O3. The van der Waals surface area contributed by atoms with E-state index < -0.39 is 0 Å². The number of hydrogen-bond acceptors (Lipinski definition) is 5. The maximum Gasteiger partial charge on any atom is 0.255 e. The van der Waals surface area contributed by atoms with Gasteiger partial charge in [-0.05, 0) is 68.2 Å². The van der Waals surface area contributed by atoms with Crippen LogP contribution in [0.1, 0.15) is 67.1 Å². The molecule has 0 radical (unpaired) electrons. The van der Waals surface area contributed by atoms with Crippen molar-refractivity contribution in [3.05, 3.63) is 47.3 Å². The SMILES string of the molecule is CC(=O)N[C@@H]1CCCc2ccc(Oc3cnc4[nH]cc(C(=O)N[C@H](C)C5CC5)c4n3)cc21. The van der Waals surface area contributed by atoms with E-state index in [2.05, 4.69) is 25.6 Å². The molecule has 8 heteroatoms. The molecule has 8 nitrogen and oxygen atoms in total. The normalized spacial score (nSPS) is 18.6. The van der Waals surface area contributed by atoms with Crippen LogP contribution < -0.4 is 15.4 Å². The summed E-state index contributed by atoms with van der Waals surface area (Å²) in [5.74, 6) is 1.31. The van der Waals surface area contributed by atoms with Crippen molar-refractivity contribution < 1.29 is 14.3 Å². The number of ether oxygens (including phenoxy) is 1. The number of aromatic amines is 1. The molecule has 0 saturated heterocycles. The van der Waals surface area contributed by atoms with Gasteiger partial charge in [-0.3, -0.25) is 9.59 Å². The number of nitrogens with one attached hydrogen (secondary N) is 3. The number of aryl methyl sites for hydroxylation is 1. The molecule has 3 N–H and O–H groups in total. The van der Waals surface area contributed by atoms with Crippen molar-refractivity contribution in [1.82, 2.24) is 25.6 Å². The minimum absolute atomic E-state index is 0.0122. The van der Waals surface area contributed by atoms with Crippen molar-refractivity contribution in [1.29, 1.82) is 0 Å². The molecule has 0 unspecified atom stereocenters. The molecule has 0 spiro atoms. The molecule has 1 saturated carbocycles. The van der Waals surface area contributed by atoms with Crippen LogP contribution in [0, 0.1) is 5.92 Å². The summed E-state index contributed by atoms with van der Waals surface area (Å²) >= 11 is 0. The van der Waals surface area contributed by atoms with Crippen molar-refractivity contribution in [2.75, 3.05) is 0 Å². The fourth-order valence-corrected chi connectivity index (χ4v) is 4.45. The van der Waals surface area contributed by atoms with Gasteiger partial charge in [-0.1, -0.05) is 6.07 Å². The van der Waals surface area contributed by atoms with Crippen LogP contribution in [-0.2, 0) is 11.2 Å². The van der Waals surface area contributed by atoms with Gasteiger partial charge in [-0.15, -0.1) is 0 Å². The highest BCUT2D eigenvalue weighted by Crippen LogP contribution is 2.34. The van der Waals surface area contributed by atoms with E-state index in [-0.39, 0.29) is 23.9 Å². The maximum atomic E-state index is 12.7. The summed E-state index contributed by atoms with van der Waals surface area (Å²) < 4.78 is 6.01. The van der Waals surface area contributed by atoms with E-state index in [1.165, 1.54) is 18.7 Å². The van der Waals surface area contributed by atoms with Crippen molar-refractivity contribution in [3.63, 3.8) is 0 Å². The monoisotopic (exact) mass is 433 g/mol. The Morgan fingerprint density at radius 3 is 2.88 bits per heavy atom. The topological polar surface area (TPSA) is 109 Å². The largest absolute Gasteiger partial charge is 0.437 e. The van der Waals surface area contributed by atoms with Gasteiger partial charge in [0.1, 0.15) is 11.3 Å². The Hall–Kier alpha value is -3.42. The molecule has 0 aliphatic heterocycles. The Labute approximate surface area is 186 Å². The van der Waals surface area contributed by atoms with Crippen molar-refractivity contribution in [2.24, 2.45) is 5.92 Å². The van der Waals surface area contributed by atoms with Gasteiger partial charge < -0.3 is 20.4 Å². The van der Waals surface area contributed by atoms with Crippen LogP contribution in [0.2, 0.25) is 0 Å². The second-order valence-corrected chi connectivity index (χ2v) is 8.82. The Morgan fingerprint density at radius 2 is 2.09 bits per heavy atom. The third-order valence-corrected chi connectivity index (χ3v) is 6.32. The smallest absolute Gasteiger partial charge is 0.255 e. The fourth-order valence-electron chi connectivity index (χ4n) is 4.45. The summed E-state index contributed by atoms with van der Waals surface area (Å²) in [5.41, 5.74) is 3.78. The molecule has 166 valence electrons. The zero-order valence-corrected chi connectivity index (χ0v) is 18.3. The lowest BCUT2D eigenvalue weighted by Gasteiger charge is -2.26. The van der Waals surface area contributed by atoms with Crippen molar-refractivity contribution in [2.45, 2.75) is 58.0 Å². The molecule has 0 bridgehead atoms. The minimum Gasteiger partial charge on any atom is -0.437 e. The summed E-state index contributed by atoms with van der Waals surface area (Å²) in [7, 11) is 0. The first-order chi connectivity index (χ1) is 15.5. The number of fused-ring (bicyclic) bond motifs is 2. The molecule has 32 heavy (non-hydrogen) atoms. The summed E-state index contributed by atoms with van der Waals surface area (Å²) in [6.07, 6.45) is 8.44. The van der Waals surface area contributed by atoms with Gasteiger partial charge in [-0.2, -0.15) is 0 Å². The van der Waals surface area contributed by atoms with Gasteiger partial charge in [0.05, 0.1) is 17.8 Å². The van der Waals surface area contributed by atoms with Gasteiger partial charge in [0, 0.05) is 19.2 Å². The molecule has 2 aliphatic rings. The predicted molar refractivity (Wildman–Crippen MR) is 120 cm³/mol. The first-order valence-electron chi connectivity index (χ1n) is 11.2. The highest BCUT2D eigenvalue weighted by molar-refractivity contribution is 6.04. The number of benzene rings is 1. The zero-order valence-electron chi connectivity index (χ0n) is 18.3. The molecule has 3 aromatic rings. The number of H-pyrrole nitrogens is 1. The predicted octanol–water partition coefficient (Wildman–Crippen LogP) is 3.79. The number of carbonyl (C=O) groups excluding carboxylic acids is 2. The van der Waals surface area contributed by atoms with E-state index >= 15 is 0 Å². The lowest BCUT2D eigenvalue weighted by atomic mass is 9.87. The number of aromatic nitrogens is 3. The Kier molecular flexibility index (Phi) is 5.28. The van der Waals surface area contributed by atoms with E-state index in [9.17, 15) is 9.59 Å². The van der Waals surface area contributed by atoms with Gasteiger partial charge in [0.25, 0.3) is 5.91 Å². The van der Waals surface area contributed by atoms with E-state index in [0.717, 1.165) is 37.7 Å². The number of carbonyl (C=O) groups is 2. The van der Waals surface area contributed by atoms with Gasteiger partial charge >= 0.3 is 0 Å². The fraction of sp³-hybridized carbons (Fsp3) is 0.417. The minimum atomic E-state index is -0.158. The third-order valence-electron chi connectivity index (χ3n) is 6.32. The van der Waals surface area contributed by atoms with Gasteiger partial charge in [0.2, 0.25) is 11.8 Å². The molecule has 2 aromatic heterocycles. The third kappa shape index (κ3) is 4.17. The van der Waals surface area contributed by atoms with E-state index in [4.69, 9.17) is 4.74 Å². The number of amides is 2. The van der Waals surface area contributed by atoms with Crippen LogP contribution in [0.15, 0.2) is 30.6 Å². The average Bonchev–Trinajstić information content (AvgIpc) is 3.53. The molecule has 2 heterocycles. The van der Waals surface area contributed by atoms with Crippen molar-refractivity contribution in [3.8, 4) is 11.6 Å². The summed E-state index contributed by atoms with van der Waals surface area (Å²) in [4.78, 5) is 36.3. The first-order valence-corrected chi connectivity index (χ1v) is 11.2. The van der Waals surface area contributed by atoms with Crippen LogP contribution in [0.3, 0.4) is 0 Å². The summed E-state index contributed by atoms with van der Waals surface area (Å²) in [6, 6.07) is 6.04. The highest BCUT2D eigenvalue weighted by Gasteiger charge is 2.30. The maximum absolute atomic E-state index is 12.7. The highest BCUT2D eigenvalue weighted by atomic mass is 16.5. The van der Waals surface area contributed by atoms with Gasteiger partial charge in [0.15, 0.2) is 5.65 Å². The van der Waals surface area contributed by atoms with Crippen LogP contribution in [0.4, 0.5) is 0 Å². The average molecular weight is 434 g/mol. The molecule has 1 aromatic carbocycles. The Morgan fingerprint density at radius 1 is 1.25 bits per heavy atom. The number of nitrogens with zero attached hydrogens (tertiary/aromatic N) is 2. The van der Waals surface area contributed by atoms with Crippen LogP contribution in [0.25, 0.3) is 11.2 Å². The van der Waals surface area contributed by atoms with Crippen LogP contribution >= 0.6 is 0 Å². The Bertz CT molecular complexity index is 1180. The molecule has 5 rings (SSSR count). The lowest BCUT2D eigenvalue weighted by molar-refractivity contribution is -0.119. The second-order valence-electron chi connectivity index (χ2n) is 8.82. The van der Waals surface area contributed by atoms with Gasteiger partial charge in [-0.25, -0.2) is 9.97 Å². The number of hydrogen-bond donors (Lipinski definition) is 3. The molecular weight excluding hydrogens is 406 g/mol. The number of rotatable bonds is 6. The standard InChI is InChI=1S/C24H27N5O3/c1-13(15-6-7-15)27-24(31)19-11-25-23-22(19)29-21(12-26-23)32-17-9-8-16-4-3-5-20(18(16)10-17)28-14(2)30/h8-13,15,20H,3-7H2,1-2H3,(H,25,26)(H,27,31)(H,28,30)/t13-,20-/m1/s1. The zero-order chi connectivity index (χ0) is 22.2. The lowest BCUT2D eigenvalue weighted by Crippen LogP contribution is -2.33. The van der Waals surface area contributed by atoms with Crippen LogP contribution in [-0.4, -0.2) is 32.8 Å².